The summed E-state index contributed by atoms with van der Waals surface area (Å²) in [5, 5.41) is 4.21. The fraction of sp³-hybridized carbons (Fsp3) is 0.419. The average Bonchev–Trinajstić information content (AvgIpc) is 3.34. The van der Waals surface area contributed by atoms with E-state index < -0.39 is 0 Å². The van der Waals surface area contributed by atoms with Crippen LogP contribution in [0, 0.1) is 0 Å². The number of hydrogen-bond donors (Lipinski definition) is 1. The van der Waals surface area contributed by atoms with E-state index in [2.05, 4.69) is 76.5 Å². The highest BCUT2D eigenvalue weighted by Crippen LogP contribution is 2.53. The highest BCUT2D eigenvalue weighted by Gasteiger charge is 2.51. The lowest BCUT2D eigenvalue weighted by Gasteiger charge is -2.47. The van der Waals surface area contributed by atoms with E-state index in [1.807, 2.05) is 17.5 Å². The number of likely N-dealkylation sites (N-methyl/N-ethyl adjacent to an activating group) is 1. The number of ether oxygens (including phenoxy) is 1. The van der Waals surface area contributed by atoms with E-state index >= 15 is 0 Å². The van der Waals surface area contributed by atoms with E-state index in [9.17, 15) is 4.79 Å². The second-order valence-electron chi connectivity index (χ2n) is 10.6. The maximum absolute atomic E-state index is 12.1. The molecule has 0 saturated carbocycles. The summed E-state index contributed by atoms with van der Waals surface area (Å²) in [5.41, 5.74) is 8.77. The molecule has 1 aliphatic rings. The molecule has 0 unspecified atom stereocenters. The zero-order chi connectivity index (χ0) is 26.5. The summed E-state index contributed by atoms with van der Waals surface area (Å²) in [6, 6.07) is 21.3. The number of hydrogen-bond acceptors (Lipinski definition) is 4. The first-order valence-corrected chi connectivity index (χ1v) is 14.2. The number of fused-ring (bicyclic) bond motifs is 1. The van der Waals surface area contributed by atoms with Crippen molar-refractivity contribution in [3.05, 3.63) is 82.9 Å². The number of unbranched alkanes of at least 4 members (excludes halogenated alkanes) is 1. The number of rotatable bonds is 12. The van der Waals surface area contributed by atoms with Crippen molar-refractivity contribution < 1.29 is 14.0 Å². The van der Waals surface area contributed by atoms with Gasteiger partial charge in [0.15, 0.2) is 0 Å². The maximum atomic E-state index is 12.1. The number of benzene rings is 2. The first kappa shape index (κ1) is 27.2. The van der Waals surface area contributed by atoms with Crippen LogP contribution >= 0.6 is 11.8 Å². The minimum atomic E-state index is -0.324. The topological polar surface area (TPSA) is 65.2 Å². The molecule has 1 aliphatic heterocycles. The molecule has 1 amide bonds. The number of nitrogens with two attached hydrogens (primary N) is 1. The van der Waals surface area contributed by atoms with Crippen LogP contribution in [0.2, 0.25) is 0 Å². The molecule has 37 heavy (non-hydrogen) atoms. The monoisotopic (exact) mass is 518 g/mol. The van der Waals surface area contributed by atoms with Gasteiger partial charge >= 0.3 is 0 Å². The van der Waals surface area contributed by atoms with Gasteiger partial charge < -0.3 is 15.0 Å². The first-order chi connectivity index (χ1) is 17.8. The fourth-order valence-corrected chi connectivity index (χ4v) is 7.38. The van der Waals surface area contributed by atoms with Gasteiger partial charge in [-0.25, -0.2) is 4.98 Å². The molecule has 4 rings (SSSR count). The quantitative estimate of drug-likeness (QED) is 0.289. The zero-order valence-corrected chi connectivity index (χ0v) is 23.4. The van der Waals surface area contributed by atoms with Crippen molar-refractivity contribution in [1.82, 2.24) is 4.98 Å². The lowest BCUT2D eigenvalue weighted by Crippen LogP contribution is -2.58. The van der Waals surface area contributed by atoms with Crippen LogP contribution in [-0.4, -0.2) is 48.7 Å². The van der Waals surface area contributed by atoms with E-state index in [0.29, 0.717) is 18.6 Å². The van der Waals surface area contributed by atoms with Gasteiger partial charge in [-0.1, -0.05) is 68.8 Å². The molecule has 3 aromatic rings. The molecule has 2 aromatic carbocycles. The SMILES string of the molecule is CCCCc1cc2ccccc2c(OCC[N+](C)(C)[C@@H](CC)[C@]2(c3ccccc3)CC(C(N)=O)=CS2)n1. The molecular weight excluding hydrogens is 478 g/mol. The van der Waals surface area contributed by atoms with Gasteiger partial charge in [0.1, 0.15) is 23.9 Å². The fourth-order valence-electron chi connectivity index (χ4n) is 5.70. The smallest absolute Gasteiger partial charge is 0.245 e. The molecule has 0 fully saturated rings. The van der Waals surface area contributed by atoms with E-state index in [1.165, 1.54) is 10.9 Å². The second-order valence-corrected chi connectivity index (χ2v) is 11.8. The number of aryl methyl sites for hydroxylation is 1. The Morgan fingerprint density at radius 1 is 1.14 bits per heavy atom. The normalized spacial score (nSPS) is 18.5. The Morgan fingerprint density at radius 3 is 2.54 bits per heavy atom. The molecule has 2 heterocycles. The van der Waals surface area contributed by atoms with Crippen LogP contribution in [0.3, 0.4) is 0 Å². The Kier molecular flexibility index (Phi) is 8.60. The number of carbonyl (C=O) groups is 1. The lowest BCUT2D eigenvalue weighted by atomic mass is 9.82. The number of quaternary nitrogens is 1. The van der Waals surface area contributed by atoms with Gasteiger partial charge in [-0.15, -0.1) is 11.8 Å². The maximum Gasteiger partial charge on any atom is 0.245 e. The third-order valence-corrected chi connectivity index (χ3v) is 9.14. The molecule has 6 heteroatoms. The molecular formula is C31H40N3O2S+. The molecule has 0 radical (unpaired) electrons. The number of nitrogens with zero attached hydrogens (tertiary/aromatic N) is 2. The van der Waals surface area contributed by atoms with Crippen molar-refractivity contribution in [3.63, 3.8) is 0 Å². The van der Waals surface area contributed by atoms with Crippen molar-refractivity contribution in [1.29, 1.82) is 0 Å². The van der Waals surface area contributed by atoms with Gasteiger partial charge in [0.05, 0.1) is 14.1 Å². The van der Waals surface area contributed by atoms with Crippen molar-refractivity contribution in [2.45, 2.75) is 56.7 Å². The van der Waals surface area contributed by atoms with Crippen molar-refractivity contribution >= 4 is 28.4 Å². The molecule has 1 aromatic heterocycles. The highest BCUT2D eigenvalue weighted by molar-refractivity contribution is 8.03. The number of thioether (sulfide) groups is 1. The van der Waals surface area contributed by atoms with Gasteiger partial charge in [0.25, 0.3) is 0 Å². The molecule has 0 bridgehead atoms. The minimum absolute atomic E-state index is 0.247. The van der Waals surface area contributed by atoms with Crippen LogP contribution in [0.1, 0.15) is 50.8 Å². The summed E-state index contributed by atoms with van der Waals surface area (Å²) >= 11 is 1.75. The molecule has 0 aliphatic carbocycles. The molecule has 0 saturated heterocycles. The summed E-state index contributed by atoms with van der Waals surface area (Å²) in [6.07, 6.45) is 4.82. The molecule has 196 valence electrons. The zero-order valence-electron chi connectivity index (χ0n) is 22.6. The van der Waals surface area contributed by atoms with Crippen molar-refractivity contribution in [2.75, 3.05) is 27.2 Å². The predicted molar refractivity (Wildman–Crippen MR) is 155 cm³/mol. The third kappa shape index (κ3) is 5.86. The van der Waals surface area contributed by atoms with Crippen LogP contribution in [0.5, 0.6) is 5.88 Å². The number of primary amides is 1. The Bertz CT molecular complexity index is 1260. The first-order valence-electron chi connectivity index (χ1n) is 13.4. The van der Waals surface area contributed by atoms with Gasteiger partial charge in [-0.05, 0) is 47.8 Å². The largest absolute Gasteiger partial charge is 0.471 e. The summed E-state index contributed by atoms with van der Waals surface area (Å²) in [6.45, 7) is 5.82. The van der Waals surface area contributed by atoms with Crippen LogP contribution in [0.25, 0.3) is 10.8 Å². The van der Waals surface area contributed by atoms with Gasteiger partial charge in [-0.2, -0.15) is 0 Å². The Balaban J connectivity index is 1.57. The molecule has 0 spiro atoms. The van der Waals surface area contributed by atoms with Crippen LogP contribution < -0.4 is 10.5 Å². The van der Waals surface area contributed by atoms with Crippen molar-refractivity contribution in [3.8, 4) is 5.88 Å². The minimum Gasteiger partial charge on any atom is -0.471 e. The highest BCUT2D eigenvalue weighted by atomic mass is 32.2. The van der Waals surface area contributed by atoms with E-state index in [0.717, 1.165) is 53.7 Å². The van der Waals surface area contributed by atoms with Gasteiger partial charge in [0, 0.05) is 23.1 Å². The van der Waals surface area contributed by atoms with Crippen LogP contribution in [0.4, 0.5) is 0 Å². The summed E-state index contributed by atoms with van der Waals surface area (Å²) in [4.78, 5) is 17.0. The summed E-state index contributed by atoms with van der Waals surface area (Å²) < 4.78 is 6.91. The number of pyridine rings is 1. The summed E-state index contributed by atoms with van der Waals surface area (Å²) in [7, 11) is 4.54. The van der Waals surface area contributed by atoms with E-state index in [-0.39, 0.29) is 16.7 Å². The Labute approximate surface area is 225 Å². The van der Waals surface area contributed by atoms with E-state index in [4.69, 9.17) is 15.5 Å². The standard InChI is InChI=1S/C31H39N3O2S/c1-5-7-16-26-20-23-13-11-12-17-27(23)30(33-26)36-19-18-34(3,4)28(6-2)31(25-14-9-8-10-15-25)21-24(22-37-31)29(32)35/h8-15,17,20,22,28H,5-7,16,18-19,21H2,1-4H3,(H-,32,35)/p+1/t28-,31+/m0/s1. The molecule has 2 N–H and O–H groups in total. The molecule has 2 atom stereocenters. The average molecular weight is 519 g/mol. The third-order valence-electron chi connectivity index (χ3n) is 7.66. The molecule has 5 nitrogen and oxygen atoms in total. The van der Waals surface area contributed by atoms with E-state index in [1.54, 1.807) is 11.8 Å². The number of aromatic nitrogens is 1. The number of amides is 1. The number of carbonyl (C=O) groups excluding carboxylic acids is 1. The lowest BCUT2D eigenvalue weighted by molar-refractivity contribution is -0.918. The van der Waals surface area contributed by atoms with Crippen LogP contribution in [0.15, 0.2) is 71.6 Å². The van der Waals surface area contributed by atoms with Gasteiger partial charge in [0.2, 0.25) is 11.8 Å². The van der Waals surface area contributed by atoms with Crippen LogP contribution in [-0.2, 0) is 16.0 Å². The summed E-state index contributed by atoms with van der Waals surface area (Å²) in [5.74, 6) is 0.401. The van der Waals surface area contributed by atoms with Gasteiger partial charge in [-0.3, -0.25) is 4.79 Å². The second kappa shape index (κ2) is 11.7. The predicted octanol–water partition coefficient (Wildman–Crippen LogP) is 6.21. The van der Waals surface area contributed by atoms with Crippen molar-refractivity contribution in [2.24, 2.45) is 5.73 Å². The Hall–Kier alpha value is -2.83. The Morgan fingerprint density at radius 2 is 1.86 bits per heavy atom.